The summed E-state index contributed by atoms with van der Waals surface area (Å²) in [5.74, 6) is -2.03. The molecule has 1 heterocycles. The molecule has 1 saturated carbocycles. The molecule has 22 heavy (non-hydrogen) atoms. The average Bonchev–Trinajstić information content (AvgIpc) is 3.11. The number of amidine groups is 1. The van der Waals surface area contributed by atoms with Crippen LogP contribution in [0, 0.1) is 33.5 Å². The molecule has 1 aliphatic carbocycles. The number of halogens is 1. The molecule has 3 atom stereocenters. The molecular formula is C15H13ClN4O2. The molecule has 0 unspecified atom stereocenters. The van der Waals surface area contributed by atoms with E-state index in [0.29, 0.717) is 5.02 Å². The highest BCUT2D eigenvalue weighted by molar-refractivity contribution is 6.30. The lowest BCUT2D eigenvalue weighted by atomic mass is 9.93. The minimum Gasteiger partial charge on any atom is -0.386 e. The zero-order chi connectivity index (χ0) is 16.2. The molecule has 112 valence electrons. The number of fused-ring (bicyclic) bond motifs is 1. The zero-order valence-corrected chi connectivity index (χ0v) is 12.8. The van der Waals surface area contributed by atoms with Crippen LogP contribution < -0.4 is 5.73 Å². The van der Waals surface area contributed by atoms with Crippen LogP contribution in [-0.4, -0.2) is 26.0 Å². The van der Waals surface area contributed by atoms with Gasteiger partial charge >= 0.3 is 0 Å². The minimum atomic E-state index is -1.59. The number of ether oxygens (including phenoxy) is 2. The number of nitriles is 2. The maximum Gasteiger partial charge on any atom is 0.292 e. The molecule has 0 aromatic heterocycles. The molecule has 1 aromatic carbocycles. The molecule has 6 nitrogen and oxygen atoms in total. The highest BCUT2D eigenvalue weighted by atomic mass is 35.5. The molecule has 0 spiro atoms. The van der Waals surface area contributed by atoms with Crippen LogP contribution >= 0.6 is 11.6 Å². The van der Waals surface area contributed by atoms with Gasteiger partial charge < -0.3 is 15.2 Å². The maximum atomic E-state index is 9.85. The van der Waals surface area contributed by atoms with E-state index in [1.165, 1.54) is 14.2 Å². The van der Waals surface area contributed by atoms with Crippen molar-refractivity contribution < 1.29 is 9.47 Å². The van der Waals surface area contributed by atoms with Crippen molar-refractivity contribution in [3.8, 4) is 12.1 Å². The SMILES string of the molecule is COC1(OC)N=C(N)[C@@]2(C#N)[C@@H](c3ccc(Cl)cc3)[C@]12C#N. The van der Waals surface area contributed by atoms with Gasteiger partial charge in [0.2, 0.25) is 0 Å². The van der Waals surface area contributed by atoms with Gasteiger partial charge in [-0.3, -0.25) is 0 Å². The monoisotopic (exact) mass is 316 g/mol. The summed E-state index contributed by atoms with van der Waals surface area (Å²) in [6.45, 7) is 0. The van der Waals surface area contributed by atoms with Gasteiger partial charge in [-0.05, 0) is 17.7 Å². The Labute approximate surface area is 132 Å². The summed E-state index contributed by atoms with van der Waals surface area (Å²) >= 11 is 5.91. The van der Waals surface area contributed by atoms with Crippen molar-refractivity contribution in [3.05, 3.63) is 34.9 Å². The molecule has 1 fully saturated rings. The number of hydrogen-bond acceptors (Lipinski definition) is 6. The topological polar surface area (TPSA) is 104 Å². The van der Waals surface area contributed by atoms with E-state index in [0.717, 1.165) is 5.56 Å². The second-order valence-electron chi connectivity index (χ2n) is 5.31. The molecular weight excluding hydrogens is 304 g/mol. The summed E-state index contributed by atoms with van der Waals surface area (Å²) in [5.41, 5.74) is 4.18. The number of rotatable bonds is 3. The van der Waals surface area contributed by atoms with E-state index in [-0.39, 0.29) is 5.84 Å². The molecule has 3 rings (SSSR count). The first kappa shape index (κ1) is 14.8. The first-order chi connectivity index (χ1) is 10.5. The van der Waals surface area contributed by atoms with Crippen LogP contribution in [0.15, 0.2) is 29.3 Å². The Hall–Kier alpha value is -2.12. The fourth-order valence-electron chi connectivity index (χ4n) is 3.68. The molecule has 0 amide bonds. The lowest BCUT2D eigenvalue weighted by Crippen LogP contribution is -2.41. The molecule has 2 N–H and O–H groups in total. The third kappa shape index (κ3) is 1.29. The standard InChI is InChI=1S/C15H13ClN4O2/c1-21-15(22-2)14(8-18)11(9-3-5-10(16)6-4-9)13(14,7-17)12(19)20-15/h3-6,11H,1-2H3,(H2,19,20)/t11-,13-,14+/m1/s1. The van der Waals surface area contributed by atoms with E-state index in [1.54, 1.807) is 24.3 Å². The fourth-order valence-corrected chi connectivity index (χ4v) is 3.80. The summed E-state index contributed by atoms with van der Waals surface area (Å²) in [5, 5.41) is 20.2. The largest absolute Gasteiger partial charge is 0.386 e. The third-order valence-corrected chi connectivity index (χ3v) is 4.94. The van der Waals surface area contributed by atoms with E-state index in [9.17, 15) is 10.5 Å². The Balaban J connectivity index is 2.23. The van der Waals surface area contributed by atoms with Crippen molar-refractivity contribution in [3.63, 3.8) is 0 Å². The van der Waals surface area contributed by atoms with Gasteiger partial charge in [0.15, 0.2) is 5.41 Å². The Morgan fingerprint density at radius 1 is 1.18 bits per heavy atom. The van der Waals surface area contributed by atoms with Gasteiger partial charge in [0.1, 0.15) is 11.3 Å². The lowest BCUT2D eigenvalue weighted by Gasteiger charge is -2.29. The van der Waals surface area contributed by atoms with Crippen LogP contribution in [0.4, 0.5) is 0 Å². The van der Waals surface area contributed by atoms with Gasteiger partial charge in [-0.2, -0.15) is 10.5 Å². The number of benzene rings is 1. The van der Waals surface area contributed by atoms with Crippen molar-refractivity contribution in [2.75, 3.05) is 14.2 Å². The van der Waals surface area contributed by atoms with Crippen LogP contribution in [0.1, 0.15) is 11.5 Å². The zero-order valence-electron chi connectivity index (χ0n) is 12.0. The van der Waals surface area contributed by atoms with Gasteiger partial charge in [0.05, 0.1) is 12.1 Å². The molecule has 0 saturated heterocycles. The number of nitrogens with zero attached hydrogens (tertiary/aromatic N) is 3. The Morgan fingerprint density at radius 2 is 1.77 bits per heavy atom. The molecule has 2 aliphatic rings. The fraction of sp³-hybridized carbons (Fsp3) is 0.400. The van der Waals surface area contributed by atoms with E-state index in [4.69, 9.17) is 26.8 Å². The van der Waals surface area contributed by atoms with E-state index < -0.39 is 22.7 Å². The first-order valence-corrected chi connectivity index (χ1v) is 6.91. The molecule has 0 radical (unpaired) electrons. The van der Waals surface area contributed by atoms with Crippen LogP contribution in [0.25, 0.3) is 0 Å². The average molecular weight is 317 g/mol. The highest BCUT2D eigenvalue weighted by Gasteiger charge is 2.93. The Bertz CT molecular complexity index is 744. The number of hydrogen-bond donors (Lipinski definition) is 1. The minimum absolute atomic E-state index is 0.0557. The number of methoxy groups -OCH3 is 2. The van der Waals surface area contributed by atoms with Gasteiger partial charge in [-0.1, -0.05) is 23.7 Å². The molecule has 0 bridgehead atoms. The summed E-state index contributed by atoms with van der Waals surface area (Å²) in [7, 11) is 2.76. The van der Waals surface area contributed by atoms with Crippen molar-refractivity contribution >= 4 is 17.4 Å². The lowest BCUT2D eigenvalue weighted by molar-refractivity contribution is -0.230. The summed E-state index contributed by atoms with van der Waals surface area (Å²) in [4.78, 5) is 4.15. The number of nitrogens with two attached hydrogens (primary N) is 1. The smallest absolute Gasteiger partial charge is 0.292 e. The highest BCUT2D eigenvalue weighted by Crippen LogP contribution is 2.81. The summed E-state index contributed by atoms with van der Waals surface area (Å²) in [6.07, 6.45) is 0. The van der Waals surface area contributed by atoms with Gasteiger partial charge in [0.25, 0.3) is 5.91 Å². The summed E-state index contributed by atoms with van der Waals surface area (Å²) in [6, 6.07) is 11.3. The molecule has 1 aliphatic heterocycles. The van der Waals surface area contributed by atoms with Gasteiger partial charge in [-0.25, -0.2) is 4.99 Å². The van der Waals surface area contributed by atoms with Gasteiger partial charge in [-0.15, -0.1) is 0 Å². The van der Waals surface area contributed by atoms with Crippen molar-refractivity contribution in [2.45, 2.75) is 11.8 Å². The van der Waals surface area contributed by atoms with Crippen LogP contribution in [0.3, 0.4) is 0 Å². The quantitative estimate of drug-likeness (QED) is 0.856. The second-order valence-corrected chi connectivity index (χ2v) is 5.75. The first-order valence-electron chi connectivity index (χ1n) is 6.53. The van der Waals surface area contributed by atoms with Crippen molar-refractivity contribution in [2.24, 2.45) is 21.6 Å². The normalized spacial score (nSPS) is 34.2. The second kappa shape index (κ2) is 4.44. The Kier molecular flexibility index (Phi) is 2.99. The van der Waals surface area contributed by atoms with Crippen LogP contribution in [0.2, 0.25) is 5.02 Å². The number of aliphatic imine (C=N–C) groups is 1. The third-order valence-electron chi connectivity index (χ3n) is 4.68. The van der Waals surface area contributed by atoms with Crippen LogP contribution in [0.5, 0.6) is 0 Å². The molecule has 7 heteroatoms. The van der Waals surface area contributed by atoms with E-state index in [1.807, 2.05) is 0 Å². The summed E-state index contributed by atoms with van der Waals surface area (Å²) < 4.78 is 10.8. The van der Waals surface area contributed by atoms with Crippen LogP contribution in [-0.2, 0) is 9.47 Å². The predicted octanol–water partition coefficient (Wildman–Crippen LogP) is 1.77. The van der Waals surface area contributed by atoms with Crippen molar-refractivity contribution in [1.29, 1.82) is 10.5 Å². The maximum absolute atomic E-state index is 9.85. The van der Waals surface area contributed by atoms with Gasteiger partial charge in [0, 0.05) is 25.2 Å². The Morgan fingerprint density at radius 3 is 2.23 bits per heavy atom. The van der Waals surface area contributed by atoms with E-state index in [2.05, 4.69) is 17.1 Å². The van der Waals surface area contributed by atoms with Crippen molar-refractivity contribution in [1.82, 2.24) is 0 Å². The predicted molar refractivity (Wildman–Crippen MR) is 78.7 cm³/mol. The van der Waals surface area contributed by atoms with E-state index >= 15 is 0 Å². The molecule has 1 aromatic rings.